The van der Waals surface area contributed by atoms with Crippen LogP contribution in [0.1, 0.15) is 17.7 Å². The molecule has 0 amide bonds. The van der Waals surface area contributed by atoms with E-state index in [1.807, 2.05) is 41.3 Å². The minimum Gasteiger partial charge on any atom is -0.326 e. The zero-order chi connectivity index (χ0) is 20.2. The second-order valence-corrected chi connectivity index (χ2v) is 7.46. The first-order valence-electron chi connectivity index (χ1n) is 9.45. The van der Waals surface area contributed by atoms with Gasteiger partial charge in [-0.05, 0) is 42.5 Å². The Kier molecular flexibility index (Phi) is 5.57. The fraction of sp³-hybridized carbons (Fsp3) is 0.174. The number of nitrogens with two attached hydrogens (primary N) is 1. The Bertz CT molecular complexity index is 1190. The van der Waals surface area contributed by atoms with Crippen molar-refractivity contribution in [2.75, 3.05) is 0 Å². The van der Waals surface area contributed by atoms with Crippen LogP contribution in [0.2, 0.25) is 5.02 Å². The Labute approximate surface area is 174 Å². The van der Waals surface area contributed by atoms with Crippen LogP contribution in [0.3, 0.4) is 0 Å². The van der Waals surface area contributed by atoms with Gasteiger partial charge in [-0.3, -0.25) is 9.67 Å². The highest BCUT2D eigenvalue weighted by atomic mass is 35.5. The number of nitriles is 1. The predicted molar refractivity (Wildman–Crippen MR) is 115 cm³/mol. The molecule has 2 N–H and O–H groups in total. The maximum Gasteiger partial charge on any atom is 0.101 e. The summed E-state index contributed by atoms with van der Waals surface area (Å²) in [4.78, 5) is 4.54. The molecule has 0 fully saturated rings. The third-order valence-corrected chi connectivity index (χ3v) is 5.22. The number of nitrogens with zero attached hydrogens (tertiary/aromatic N) is 4. The number of rotatable bonds is 6. The molecule has 1 atom stereocenters. The fourth-order valence-corrected chi connectivity index (χ4v) is 3.54. The number of benzene rings is 2. The van der Waals surface area contributed by atoms with E-state index in [2.05, 4.69) is 34.4 Å². The van der Waals surface area contributed by atoms with Crippen molar-refractivity contribution in [2.24, 2.45) is 5.73 Å². The van der Waals surface area contributed by atoms with E-state index in [1.165, 1.54) is 5.39 Å². The summed E-state index contributed by atoms with van der Waals surface area (Å²) in [5.74, 6) is 0. The molecular weight excluding hydrogens is 382 g/mol. The number of hydrogen-bond acceptors (Lipinski definition) is 4. The van der Waals surface area contributed by atoms with Gasteiger partial charge in [0.15, 0.2) is 0 Å². The molecule has 0 radical (unpaired) electrons. The summed E-state index contributed by atoms with van der Waals surface area (Å²) in [5.41, 5.74) is 9.52. The molecule has 0 unspecified atom stereocenters. The van der Waals surface area contributed by atoms with Crippen molar-refractivity contribution in [1.82, 2.24) is 14.8 Å². The van der Waals surface area contributed by atoms with Crippen molar-refractivity contribution in [3.63, 3.8) is 0 Å². The molecule has 0 saturated heterocycles. The largest absolute Gasteiger partial charge is 0.326 e. The Morgan fingerprint density at radius 2 is 1.93 bits per heavy atom. The molecule has 2 aromatic carbocycles. The van der Waals surface area contributed by atoms with E-state index < -0.39 is 0 Å². The number of aromatic nitrogens is 3. The normalized spacial score (nSPS) is 12.0. The van der Waals surface area contributed by atoms with Crippen molar-refractivity contribution in [3.8, 4) is 17.3 Å². The minimum atomic E-state index is -0.0272. The number of halogens is 1. The summed E-state index contributed by atoms with van der Waals surface area (Å²) in [5, 5.41) is 16.4. The number of hydrogen-bond donors (Lipinski definition) is 1. The molecule has 0 saturated carbocycles. The van der Waals surface area contributed by atoms with Crippen molar-refractivity contribution < 1.29 is 0 Å². The van der Waals surface area contributed by atoms with Gasteiger partial charge in [-0.2, -0.15) is 10.4 Å². The first-order valence-corrected chi connectivity index (χ1v) is 9.83. The highest BCUT2D eigenvalue weighted by Gasteiger charge is 2.09. The SMILES string of the molecule is N#Cc1ccc(-c2ccn(C[C@H](N)CCc3cc4ccccc4cn3)n2)cc1Cl. The topological polar surface area (TPSA) is 80.5 Å². The van der Waals surface area contributed by atoms with Crippen LogP contribution in [0.4, 0.5) is 0 Å². The Hall–Kier alpha value is -3.20. The molecule has 0 spiro atoms. The van der Waals surface area contributed by atoms with Crippen LogP contribution in [0.15, 0.2) is 67.0 Å². The van der Waals surface area contributed by atoms with E-state index in [9.17, 15) is 0 Å². The Morgan fingerprint density at radius 3 is 2.72 bits per heavy atom. The summed E-state index contributed by atoms with van der Waals surface area (Å²) < 4.78 is 1.85. The average molecular weight is 402 g/mol. The molecule has 0 aliphatic heterocycles. The highest BCUT2D eigenvalue weighted by Crippen LogP contribution is 2.24. The molecule has 5 nitrogen and oxygen atoms in total. The highest BCUT2D eigenvalue weighted by molar-refractivity contribution is 6.32. The van der Waals surface area contributed by atoms with Gasteiger partial charge >= 0.3 is 0 Å². The van der Waals surface area contributed by atoms with Gasteiger partial charge in [0, 0.05) is 35.1 Å². The molecule has 0 bridgehead atoms. The van der Waals surface area contributed by atoms with E-state index >= 15 is 0 Å². The first-order chi connectivity index (χ1) is 14.1. The van der Waals surface area contributed by atoms with Crippen LogP contribution in [-0.4, -0.2) is 20.8 Å². The Morgan fingerprint density at radius 1 is 1.10 bits per heavy atom. The van der Waals surface area contributed by atoms with Crippen molar-refractivity contribution in [3.05, 3.63) is 83.3 Å². The van der Waals surface area contributed by atoms with Crippen LogP contribution in [-0.2, 0) is 13.0 Å². The van der Waals surface area contributed by atoms with Gasteiger partial charge in [0.2, 0.25) is 0 Å². The zero-order valence-corrected chi connectivity index (χ0v) is 16.5. The maximum absolute atomic E-state index is 9.00. The van der Waals surface area contributed by atoms with E-state index in [-0.39, 0.29) is 6.04 Å². The van der Waals surface area contributed by atoms with E-state index in [0.29, 0.717) is 17.1 Å². The minimum absolute atomic E-state index is 0.0272. The molecule has 2 heterocycles. The standard InChI is InChI=1S/C23H20ClN5/c24-22-12-17(5-6-18(22)13-25)23-9-10-29(28-23)15-20(26)7-8-21-11-16-3-1-2-4-19(16)14-27-21/h1-6,9-12,14,20H,7-8,15,26H2/t20-/m1/s1. The first kappa shape index (κ1) is 19.1. The molecule has 144 valence electrons. The van der Waals surface area contributed by atoms with Gasteiger partial charge in [-0.25, -0.2) is 0 Å². The van der Waals surface area contributed by atoms with Crippen LogP contribution in [0.25, 0.3) is 22.0 Å². The molecule has 0 aliphatic rings. The second kappa shape index (κ2) is 8.44. The second-order valence-electron chi connectivity index (χ2n) is 7.05. The average Bonchev–Trinajstić information content (AvgIpc) is 3.20. The van der Waals surface area contributed by atoms with Crippen molar-refractivity contribution >= 4 is 22.4 Å². The summed E-state index contributed by atoms with van der Waals surface area (Å²) >= 11 is 6.12. The summed E-state index contributed by atoms with van der Waals surface area (Å²) in [6, 6.07) is 19.6. The smallest absolute Gasteiger partial charge is 0.101 e. The molecule has 0 aliphatic carbocycles. The summed E-state index contributed by atoms with van der Waals surface area (Å²) in [6.45, 7) is 0.623. The molecule has 4 aromatic rings. The molecule has 4 rings (SSSR count). The zero-order valence-electron chi connectivity index (χ0n) is 15.8. The van der Waals surface area contributed by atoms with Crippen LogP contribution < -0.4 is 5.73 Å². The van der Waals surface area contributed by atoms with Crippen LogP contribution in [0, 0.1) is 11.3 Å². The quantitative estimate of drug-likeness (QED) is 0.512. The number of pyridine rings is 1. The molecule has 6 heteroatoms. The van der Waals surface area contributed by atoms with Crippen molar-refractivity contribution in [2.45, 2.75) is 25.4 Å². The molecule has 29 heavy (non-hydrogen) atoms. The van der Waals surface area contributed by atoms with E-state index in [1.54, 1.807) is 12.1 Å². The fourth-order valence-electron chi connectivity index (χ4n) is 3.31. The lowest BCUT2D eigenvalue weighted by molar-refractivity contribution is 0.485. The van der Waals surface area contributed by atoms with Crippen molar-refractivity contribution in [1.29, 1.82) is 5.26 Å². The van der Waals surface area contributed by atoms with Crippen LogP contribution >= 0.6 is 11.6 Å². The lowest BCUT2D eigenvalue weighted by Gasteiger charge is -2.11. The van der Waals surface area contributed by atoms with Gasteiger partial charge < -0.3 is 5.73 Å². The van der Waals surface area contributed by atoms with Crippen LogP contribution in [0.5, 0.6) is 0 Å². The van der Waals surface area contributed by atoms with Gasteiger partial charge in [0.25, 0.3) is 0 Å². The Balaban J connectivity index is 1.38. The van der Waals surface area contributed by atoms with Gasteiger partial charge in [0.1, 0.15) is 6.07 Å². The number of fused-ring (bicyclic) bond motifs is 1. The third-order valence-electron chi connectivity index (χ3n) is 4.91. The molecular formula is C23H20ClN5. The predicted octanol–water partition coefficient (Wildman–Crippen LogP) is 4.58. The third kappa shape index (κ3) is 4.45. The summed E-state index contributed by atoms with van der Waals surface area (Å²) in [7, 11) is 0. The maximum atomic E-state index is 9.00. The monoisotopic (exact) mass is 401 g/mol. The van der Waals surface area contributed by atoms with E-state index in [0.717, 1.165) is 35.2 Å². The summed E-state index contributed by atoms with van der Waals surface area (Å²) in [6.07, 6.45) is 5.48. The lowest BCUT2D eigenvalue weighted by Crippen LogP contribution is -2.27. The molecule has 2 aromatic heterocycles. The van der Waals surface area contributed by atoms with Gasteiger partial charge in [-0.1, -0.05) is 41.9 Å². The van der Waals surface area contributed by atoms with Gasteiger partial charge in [-0.15, -0.1) is 0 Å². The lowest BCUT2D eigenvalue weighted by atomic mass is 10.1. The van der Waals surface area contributed by atoms with Gasteiger partial charge in [0.05, 0.1) is 22.8 Å². The van der Waals surface area contributed by atoms with E-state index in [4.69, 9.17) is 22.6 Å². The number of aryl methyl sites for hydroxylation is 1.